The van der Waals surface area contributed by atoms with Crippen LogP contribution in [-0.4, -0.2) is 39.7 Å². The predicted octanol–water partition coefficient (Wildman–Crippen LogP) is 0.469. The molecule has 1 aromatic rings. The first-order valence-corrected chi connectivity index (χ1v) is 5.76. The monoisotopic (exact) mass is 282 g/mol. The summed E-state index contributed by atoms with van der Waals surface area (Å²) in [6.07, 6.45) is -0.118. The largest absolute Gasteiger partial charge is 0.480 e. The number of aliphatic hydroxyl groups is 1. The second-order valence-corrected chi connectivity index (χ2v) is 4.13. The molecular formula is C12H14N2O6. The number of hydrogen-bond donors (Lipinski definition) is 3. The molecule has 3 N–H and O–H groups in total. The minimum Gasteiger partial charge on any atom is -0.480 e. The van der Waals surface area contributed by atoms with Gasteiger partial charge in [-0.1, -0.05) is 0 Å². The lowest BCUT2D eigenvalue weighted by Gasteiger charge is -2.13. The maximum Gasteiger partial charge on any atom is 0.326 e. The number of nitrogens with one attached hydrogen (secondary N) is 1. The third-order valence-corrected chi connectivity index (χ3v) is 2.68. The van der Waals surface area contributed by atoms with Gasteiger partial charge >= 0.3 is 5.97 Å². The van der Waals surface area contributed by atoms with Gasteiger partial charge in [0.2, 0.25) is 0 Å². The maximum atomic E-state index is 11.8. The van der Waals surface area contributed by atoms with Crippen LogP contribution in [0.3, 0.4) is 0 Å². The third kappa shape index (κ3) is 3.75. The maximum absolute atomic E-state index is 11.8. The lowest BCUT2D eigenvalue weighted by molar-refractivity contribution is -0.385. The van der Waals surface area contributed by atoms with Gasteiger partial charge in [-0.05, 0) is 19.1 Å². The van der Waals surface area contributed by atoms with Crippen LogP contribution in [0.5, 0.6) is 0 Å². The van der Waals surface area contributed by atoms with Crippen molar-refractivity contribution in [2.75, 3.05) is 6.61 Å². The Morgan fingerprint density at radius 1 is 1.45 bits per heavy atom. The van der Waals surface area contributed by atoms with Crippen molar-refractivity contribution in [2.24, 2.45) is 0 Å². The van der Waals surface area contributed by atoms with Gasteiger partial charge in [-0.3, -0.25) is 14.9 Å². The van der Waals surface area contributed by atoms with E-state index < -0.39 is 22.8 Å². The zero-order valence-corrected chi connectivity index (χ0v) is 10.7. The highest BCUT2D eigenvalue weighted by Gasteiger charge is 2.21. The third-order valence-electron chi connectivity index (χ3n) is 2.68. The number of carbonyl (C=O) groups is 2. The fraction of sp³-hybridized carbons (Fsp3) is 0.333. The Morgan fingerprint density at radius 3 is 2.55 bits per heavy atom. The van der Waals surface area contributed by atoms with Crippen LogP contribution in [0.2, 0.25) is 0 Å². The van der Waals surface area contributed by atoms with E-state index in [-0.39, 0.29) is 24.3 Å². The van der Waals surface area contributed by atoms with Crippen LogP contribution in [0.25, 0.3) is 0 Å². The molecule has 1 aromatic carbocycles. The Morgan fingerprint density at radius 2 is 2.10 bits per heavy atom. The zero-order chi connectivity index (χ0) is 15.3. The van der Waals surface area contributed by atoms with Gasteiger partial charge in [0.25, 0.3) is 11.6 Å². The van der Waals surface area contributed by atoms with E-state index in [1.165, 1.54) is 25.1 Å². The molecule has 0 radical (unpaired) electrons. The standard InChI is InChI=1S/C12H14N2O6/c1-7-6-8(2-3-10(7)14(19)20)11(16)13-9(4-5-15)12(17)18/h2-3,6,9,15H,4-5H2,1H3,(H,13,16)(H,17,18)/t9-/m0/s1. The predicted molar refractivity (Wildman–Crippen MR) is 68.4 cm³/mol. The van der Waals surface area contributed by atoms with Crippen LogP contribution in [0.4, 0.5) is 5.69 Å². The quantitative estimate of drug-likeness (QED) is 0.513. The summed E-state index contributed by atoms with van der Waals surface area (Å²) in [5.41, 5.74) is 0.306. The molecule has 1 amide bonds. The van der Waals surface area contributed by atoms with Crippen molar-refractivity contribution in [1.29, 1.82) is 0 Å². The summed E-state index contributed by atoms with van der Waals surface area (Å²) >= 11 is 0. The number of aliphatic carboxylic acids is 1. The second kappa shape index (κ2) is 6.62. The molecule has 0 saturated heterocycles. The van der Waals surface area contributed by atoms with E-state index in [1.807, 2.05) is 0 Å². The number of hydrogen-bond acceptors (Lipinski definition) is 5. The van der Waals surface area contributed by atoms with Crippen molar-refractivity contribution in [2.45, 2.75) is 19.4 Å². The first-order valence-electron chi connectivity index (χ1n) is 5.76. The molecule has 0 heterocycles. The van der Waals surface area contributed by atoms with Crippen LogP contribution < -0.4 is 5.32 Å². The molecule has 0 unspecified atom stereocenters. The highest BCUT2D eigenvalue weighted by molar-refractivity contribution is 5.97. The van der Waals surface area contributed by atoms with Crippen molar-refractivity contribution in [3.63, 3.8) is 0 Å². The first kappa shape index (κ1) is 15.6. The summed E-state index contributed by atoms with van der Waals surface area (Å²) in [5, 5.41) is 30.5. The number of carboxylic acids is 1. The molecule has 0 aliphatic carbocycles. The molecule has 0 saturated carbocycles. The van der Waals surface area contributed by atoms with Crippen molar-refractivity contribution < 1.29 is 24.7 Å². The first-order chi connectivity index (χ1) is 9.36. The number of amides is 1. The average molecular weight is 282 g/mol. The molecule has 0 spiro atoms. The van der Waals surface area contributed by atoms with E-state index in [0.717, 1.165) is 0 Å². The van der Waals surface area contributed by atoms with Crippen molar-refractivity contribution >= 4 is 17.6 Å². The molecule has 20 heavy (non-hydrogen) atoms. The lowest BCUT2D eigenvalue weighted by atomic mass is 10.1. The van der Waals surface area contributed by atoms with E-state index in [1.54, 1.807) is 0 Å². The van der Waals surface area contributed by atoms with E-state index in [4.69, 9.17) is 10.2 Å². The minimum absolute atomic E-state index is 0.118. The number of carbonyl (C=O) groups excluding carboxylic acids is 1. The molecule has 8 nitrogen and oxygen atoms in total. The molecule has 0 aliphatic rings. The minimum atomic E-state index is -1.26. The molecule has 0 aliphatic heterocycles. The van der Waals surface area contributed by atoms with Crippen LogP contribution in [0, 0.1) is 17.0 Å². The molecule has 8 heteroatoms. The number of nitro groups is 1. The van der Waals surface area contributed by atoms with Gasteiger partial charge in [0, 0.05) is 30.2 Å². The fourth-order valence-corrected chi connectivity index (χ4v) is 1.63. The van der Waals surface area contributed by atoms with Gasteiger partial charge in [-0.15, -0.1) is 0 Å². The summed E-state index contributed by atoms with van der Waals surface area (Å²) in [4.78, 5) is 32.8. The van der Waals surface area contributed by atoms with E-state index in [2.05, 4.69) is 5.32 Å². The lowest BCUT2D eigenvalue weighted by Crippen LogP contribution is -2.41. The normalized spacial score (nSPS) is 11.7. The van der Waals surface area contributed by atoms with Crippen LogP contribution >= 0.6 is 0 Å². The molecule has 1 rings (SSSR count). The van der Waals surface area contributed by atoms with Crippen molar-refractivity contribution in [1.82, 2.24) is 5.32 Å². The molecular weight excluding hydrogens is 268 g/mol. The van der Waals surface area contributed by atoms with Crippen LogP contribution in [0.15, 0.2) is 18.2 Å². The number of aryl methyl sites for hydroxylation is 1. The van der Waals surface area contributed by atoms with Gasteiger partial charge < -0.3 is 15.5 Å². The Hall–Kier alpha value is -2.48. The molecule has 1 atom stereocenters. The summed E-state index contributed by atoms with van der Waals surface area (Å²) in [6.45, 7) is 1.11. The molecule has 0 aromatic heterocycles. The summed E-state index contributed by atoms with van der Waals surface area (Å²) in [7, 11) is 0. The zero-order valence-electron chi connectivity index (χ0n) is 10.7. The number of aliphatic hydroxyl groups excluding tert-OH is 1. The molecule has 0 fully saturated rings. The fourth-order valence-electron chi connectivity index (χ4n) is 1.63. The van der Waals surface area contributed by atoms with Gasteiger partial charge in [-0.2, -0.15) is 0 Å². The summed E-state index contributed by atoms with van der Waals surface area (Å²) in [6, 6.07) is 2.54. The van der Waals surface area contributed by atoms with Crippen LogP contribution in [-0.2, 0) is 4.79 Å². The summed E-state index contributed by atoms with van der Waals surface area (Å²) in [5.74, 6) is -1.92. The SMILES string of the molecule is Cc1cc(C(=O)N[C@@H](CCO)C(=O)O)ccc1[N+](=O)[O-]. The van der Waals surface area contributed by atoms with Gasteiger partial charge in [-0.25, -0.2) is 4.79 Å². The van der Waals surface area contributed by atoms with Gasteiger partial charge in [0.05, 0.1) is 4.92 Å². The van der Waals surface area contributed by atoms with Crippen molar-refractivity contribution in [3.8, 4) is 0 Å². The van der Waals surface area contributed by atoms with E-state index >= 15 is 0 Å². The number of benzene rings is 1. The second-order valence-electron chi connectivity index (χ2n) is 4.13. The Labute approximate surface area is 114 Å². The Kier molecular flexibility index (Phi) is 5.15. The van der Waals surface area contributed by atoms with E-state index in [9.17, 15) is 19.7 Å². The Balaban J connectivity index is 2.90. The molecule has 108 valence electrons. The Bertz CT molecular complexity index is 543. The smallest absolute Gasteiger partial charge is 0.326 e. The van der Waals surface area contributed by atoms with Crippen molar-refractivity contribution in [3.05, 3.63) is 39.4 Å². The topological polar surface area (TPSA) is 130 Å². The number of nitro benzene ring substituents is 1. The van der Waals surface area contributed by atoms with Gasteiger partial charge in [0.15, 0.2) is 0 Å². The van der Waals surface area contributed by atoms with Gasteiger partial charge in [0.1, 0.15) is 6.04 Å². The number of rotatable bonds is 6. The molecule has 0 bridgehead atoms. The van der Waals surface area contributed by atoms with Crippen LogP contribution in [0.1, 0.15) is 22.3 Å². The number of carboxylic acid groups (broad SMARTS) is 1. The number of nitrogens with zero attached hydrogens (tertiary/aromatic N) is 1. The highest BCUT2D eigenvalue weighted by atomic mass is 16.6. The highest BCUT2D eigenvalue weighted by Crippen LogP contribution is 2.18. The average Bonchev–Trinajstić information content (AvgIpc) is 2.37. The summed E-state index contributed by atoms with van der Waals surface area (Å²) < 4.78 is 0. The van der Waals surface area contributed by atoms with E-state index in [0.29, 0.717) is 5.56 Å².